The SMILES string of the molecule is COc1ccc(N(CC(=O)Nc2ccc(OC)c(S(=O)(=O)N3CCOCC3)c2)S(=O)(=O)c2ccc(C)c([N+](=O)[O-])c2)cc1. The molecule has 3 aromatic carbocycles. The van der Waals surface area contributed by atoms with Gasteiger partial charge in [-0.1, -0.05) is 6.07 Å². The van der Waals surface area contributed by atoms with Gasteiger partial charge in [0.25, 0.3) is 15.7 Å². The molecule has 4 rings (SSSR count). The normalized spacial score (nSPS) is 14.1. The first-order valence-electron chi connectivity index (χ1n) is 12.9. The molecule has 1 fully saturated rings. The van der Waals surface area contributed by atoms with Crippen molar-refractivity contribution in [3.05, 3.63) is 76.3 Å². The summed E-state index contributed by atoms with van der Waals surface area (Å²) < 4.78 is 71.9. The van der Waals surface area contributed by atoms with Crippen molar-refractivity contribution in [2.24, 2.45) is 0 Å². The summed E-state index contributed by atoms with van der Waals surface area (Å²) in [4.78, 5) is 23.5. The van der Waals surface area contributed by atoms with Gasteiger partial charge in [0.05, 0.1) is 42.9 Å². The molecule has 1 N–H and O–H groups in total. The fourth-order valence-corrected chi connectivity index (χ4v) is 7.38. The lowest BCUT2D eigenvalue weighted by Gasteiger charge is -2.27. The van der Waals surface area contributed by atoms with Crippen LogP contribution < -0.4 is 19.1 Å². The van der Waals surface area contributed by atoms with Crippen molar-refractivity contribution in [2.45, 2.75) is 16.7 Å². The number of nitrogens with zero attached hydrogens (tertiary/aromatic N) is 3. The van der Waals surface area contributed by atoms with E-state index in [4.69, 9.17) is 14.2 Å². The van der Waals surface area contributed by atoms with E-state index >= 15 is 0 Å². The van der Waals surface area contributed by atoms with Gasteiger partial charge >= 0.3 is 0 Å². The Balaban J connectivity index is 1.68. The van der Waals surface area contributed by atoms with Crippen molar-refractivity contribution in [1.29, 1.82) is 0 Å². The van der Waals surface area contributed by atoms with E-state index in [1.165, 1.54) is 80.0 Å². The molecular formula is C27H30N4O10S2. The maximum Gasteiger partial charge on any atom is 0.273 e. The van der Waals surface area contributed by atoms with Gasteiger partial charge in [0, 0.05) is 30.4 Å². The van der Waals surface area contributed by atoms with Gasteiger partial charge in [-0.3, -0.25) is 19.2 Å². The van der Waals surface area contributed by atoms with Gasteiger partial charge in [0.2, 0.25) is 15.9 Å². The predicted molar refractivity (Wildman–Crippen MR) is 157 cm³/mol. The number of nitrogens with one attached hydrogen (secondary N) is 1. The van der Waals surface area contributed by atoms with Crippen LogP contribution in [-0.4, -0.2) is 79.0 Å². The Hall–Kier alpha value is -4.25. The number of hydrogen-bond donors (Lipinski definition) is 1. The molecule has 0 radical (unpaired) electrons. The van der Waals surface area contributed by atoms with Crippen molar-refractivity contribution in [2.75, 3.05) is 56.7 Å². The molecule has 0 atom stereocenters. The third-order valence-corrected chi connectivity index (χ3v) is 10.3. The van der Waals surface area contributed by atoms with E-state index < -0.39 is 48.0 Å². The predicted octanol–water partition coefficient (Wildman–Crippen LogP) is 2.78. The minimum atomic E-state index is -4.50. The number of carbonyl (C=O) groups is 1. The first-order chi connectivity index (χ1) is 20.4. The quantitative estimate of drug-likeness (QED) is 0.244. The Morgan fingerprint density at radius 2 is 1.67 bits per heavy atom. The average Bonchev–Trinajstić information content (AvgIpc) is 3.00. The highest BCUT2D eigenvalue weighted by Crippen LogP contribution is 2.32. The number of anilines is 2. The Labute approximate surface area is 249 Å². The first-order valence-corrected chi connectivity index (χ1v) is 15.7. The zero-order chi connectivity index (χ0) is 31.4. The third kappa shape index (κ3) is 6.88. The Kier molecular flexibility index (Phi) is 9.54. The smallest absolute Gasteiger partial charge is 0.273 e. The van der Waals surface area contributed by atoms with Crippen molar-refractivity contribution in [3.63, 3.8) is 0 Å². The molecule has 0 aliphatic carbocycles. The lowest BCUT2D eigenvalue weighted by atomic mass is 10.2. The van der Waals surface area contributed by atoms with Crippen LogP contribution >= 0.6 is 0 Å². The number of morpholine rings is 1. The second kappa shape index (κ2) is 12.9. The van der Waals surface area contributed by atoms with Crippen molar-refractivity contribution < 1.29 is 40.8 Å². The van der Waals surface area contributed by atoms with Crippen molar-refractivity contribution in [3.8, 4) is 11.5 Å². The molecule has 1 amide bonds. The maximum absolute atomic E-state index is 13.8. The summed E-state index contributed by atoms with van der Waals surface area (Å²) in [5.41, 5.74) is 0.0349. The summed E-state index contributed by atoms with van der Waals surface area (Å²) in [6.07, 6.45) is 0. The van der Waals surface area contributed by atoms with E-state index in [1.54, 1.807) is 0 Å². The van der Waals surface area contributed by atoms with Crippen LogP contribution in [0.1, 0.15) is 5.56 Å². The number of hydrogen-bond acceptors (Lipinski definition) is 10. The molecule has 1 heterocycles. The summed E-state index contributed by atoms with van der Waals surface area (Å²) >= 11 is 0. The lowest BCUT2D eigenvalue weighted by Crippen LogP contribution is -2.40. The molecular weight excluding hydrogens is 604 g/mol. The second-order valence-electron chi connectivity index (χ2n) is 9.35. The van der Waals surface area contributed by atoms with Gasteiger partial charge in [-0.2, -0.15) is 4.31 Å². The number of nitro groups is 1. The number of nitro benzene ring substituents is 1. The lowest BCUT2D eigenvalue weighted by molar-refractivity contribution is -0.385. The van der Waals surface area contributed by atoms with Crippen LogP contribution in [0.25, 0.3) is 0 Å². The Bertz CT molecular complexity index is 1720. The molecule has 1 saturated heterocycles. The van der Waals surface area contributed by atoms with E-state index in [-0.39, 0.29) is 53.9 Å². The van der Waals surface area contributed by atoms with Crippen LogP contribution in [0, 0.1) is 17.0 Å². The topological polar surface area (TPSA) is 175 Å². The zero-order valence-electron chi connectivity index (χ0n) is 23.5. The van der Waals surface area contributed by atoms with Gasteiger partial charge in [0.15, 0.2) is 0 Å². The number of carbonyl (C=O) groups excluding carboxylic acids is 1. The van der Waals surface area contributed by atoms with Gasteiger partial charge in [-0.05, 0) is 55.5 Å². The van der Waals surface area contributed by atoms with Gasteiger partial charge in [0.1, 0.15) is 22.9 Å². The van der Waals surface area contributed by atoms with Gasteiger partial charge < -0.3 is 19.5 Å². The molecule has 16 heteroatoms. The standard InChI is InChI=1S/C27H30N4O10S2/c1-19-4-10-23(17-24(19)31(33)34)42(35,36)30(21-6-8-22(39-2)9-7-21)18-27(32)28-20-5-11-25(40-3)26(16-20)43(37,38)29-12-14-41-15-13-29/h4-11,16-17H,12-15,18H2,1-3H3,(H,28,32). The van der Waals surface area contributed by atoms with Crippen LogP contribution in [-0.2, 0) is 29.6 Å². The highest BCUT2D eigenvalue weighted by Gasteiger charge is 2.31. The molecule has 1 aliphatic rings. The molecule has 0 saturated carbocycles. The number of benzene rings is 3. The minimum Gasteiger partial charge on any atom is -0.497 e. The van der Waals surface area contributed by atoms with E-state index in [2.05, 4.69) is 5.32 Å². The number of aryl methyl sites for hydroxylation is 1. The fourth-order valence-electron chi connectivity index (χ4n) is 4.35. The van der Waals surface area contributed by atoms with Crippen LogP contribution in [0.2, 0.25) is 0 Å². The number of ether oxygens (including phenoxy) is 3. The first kappa shape index (κ1) is 31.7. The molecule has 230 valence electrons. The Morgan fingerprint density at radius 3 is 2.28 bits per heavy atom. The van der Waals surface area contributed by atoms with Crippen molar-refractivity contribution >= 4 is 43.0 Å². The summed E-state index contributed by atoms with van der Waals surface area (Å²) in [7, 11) is -5.75. The highest BCUT2D eigenvalue weighted by molar-refractivity contribution is 7.93. The number of rotatable bonds is 11. The number of sulfonamides is 2. The van der Waals surface area contributed by atoms with E-state index in [1.807, 2.05) is 0 Å². The summed E-state index contributed by atoms with van der Waals surface area (Å²) in [6, 6.07) is 13.3. The molecule has 43 heavy (non-hydrogen) atoms. The zero-order valence-corrected chi connectivity index (χ0v) is 25.2. The average molecular weight is 635 g/mol. The molecule has 0 aromatic heterocycles. The fraction of sp³-hybridized carbons (Fsp3) is 0.296. The van der Waals surface area contributed by atoms with Crippen molar-refractivity contribution in [1.82, 2.24) is 4.31 Å². The monoisotopic (exact) mass is 634 g/mol. The van der Waals surface area contributed by atoms with Crippen LogP contribution in [0.15, 0.2) is 70.5 Å². The largest absolute Gasteiger partial charge is 0.497 e. The van der Waals surface area contributed by atoms with Crippen LogP contribution in [0.5, 0.6) is 11.5 Å². The highest BCUT2D eigenvalue weighted by atomic mass is 32.2. The Morgan fingerprint density at radius 1 is 1.00 bits per heavy atom. The maximum atomic E-state index is 13.8. The molecule has 0 bridgehead atoms. The molecule has 3 aromatic rings. The van der Waals surface area contributed by atoms with Crippen LogP contribution in [0.4, 0.5) is 17.1 Å². The van der Waals surface area contributed by atoms with Crippen LogP contribution in [0.3, 0.4) is 0 Å². The third-order valence-electron chi connectivity index (χ3n) is 6.65. The number of methoxy groups -OCH3 is 2. The summed E-state index contributed by atoms with van der Waals surface area (Å²) in [5, 5.41) is 14.0. The molecule has 0 unspecified atom stereocenters. The molecule has 0 spiro atoms. The molecule has 14 nitrogen and oxygen atoms in total. The number of amides is 1. The minimum absolute atomic E-state index is 0.0629. The van der Waals surface area contributed by atoms with Gasteiger partial charge in [-0.25, -0.2) is 16.8 Å². The van der Waals surface area contributed by atoms with E-state index in [0.29, 0.717) is 5.75 Å². The summed E-state index contributed by atoms with van der Waals surface area (Å²) in [5.74, 6) is -0.308. The second-order valence-corrected chi connectivity index (χ2v) is 13.1. The van der Waals surface area contributed by atoms with Gasteiger partial charge in [-0.15, -0.1) is 0 Å². The summed E-state index contributed by atoms with van der Waals surface area (Å²) in [6.45, 7) is 1.50. The van der Waals surface area contributed by atoms with E-state index in [9.17, 15) is 31.7 Å². The van der Waals surface area contributed by atoms with E-state index in [0.717, 1.165) is 10.4 Å². The molecule has 1 aliphatic heterocycles.